The smallest absolute Gasteiger partial charge is 0.461 e. The van der Waals surface area contributed by atoms with Crippen LogP contribution in [0.1, 0.15) is 41.5 Å². The van der Waals surface area contributed by atoms with Gasteiger partial charge in [0.1, 0.15) is 23.7 Å². The van der Waals surface area contributed by atoms with Crippen molar-refractivity contribution in [1.82, 2.24) is 29.5 Å². The summed E-state index contributed by atoms with van der Waals surface area (Å²) < 4.78 is 50.1. The number of halogens is 3. The number of alkyl halides is 3. The molecule has 1 N–H and O–H groups in total. The quantitative estimate of drug-likeness (QED) is 0.282. The van der Waals surface area contributed by atoms with Crippen molar-refractivity contribution in [2.24, 2.45) is 5.92 Å². The average molecular weight is 542 g/mol. The van der Waals surface area contributed by atoms with Gasteiger partial charge in [0.25, 0.3) is 0 Å². The van der Waals surface area contributed by atoms with E-state index in [2.05, 4.69) is 25.1 Å². The van der Waals surface area contributed by atoms with Gasteiger partial charge >= 0.3 is 12.3 Å². The van der Waals surface area contributed by atoms with E-state index in [1.807, 2.05) is 11.6 Å². The Labute approximate surface area is 221 Å². The minimum Gasteiger partial charge on any atom is -0.461 e. The van der Waals surface area contributed by atoms with Crippen molar-refractivity contribution in [2.45, 2.75) is 46.5 Å². The van der Waals surface area contributed by atoms with Gasteiger partial charge in [0.2, 0.25) is 0 Å². The van der Waals surface area contributed by atoms with Gasteiger partial charge in [-0.3, -0.25) is 0 Å². The minimum absolute atomic E-state index is 0.227. The summed E-state index contributed by atoms with van der Waals surface area (Å²) in [6, 6.07) is 8.90. The Morgan fingerprint density at radius 2 is 1.85 bits per heavy atom. The summed E-state index contributed by atoms with van der Waals surface area (Å²) >= 11 is 0. The number of carbonyl (C=O) groups excluding carboxylic acids is 1. The van der Waals surface area contributed by atoms with Crippen molar-refractivity contribution in [3.8, 4) is 22.8 Å². The number of aromatic nitrogens is 6. The lowest BCUT2D eigenvalue weighted by Crippen LogP contribution is -2.16. The molecule has 3 aromatic heterocycles. The van der Waals surface area contributed by atoms with Gasteiger partial charge in [-0.2, -0.15) is 10.2 Å². The number of carbonyl (C=O) groups is 1. The number of aryl methyl sites for hydroxylation is 1. The number of ether oxygens (including phenoxy) is 2. The maximum Gasteiger partial charge on any atom is 0.573 e. The topological polar surface area (TPSA) is 109 Å². The molecule has 0 atom stereocenters. The summed E-state index contributed by atoms with van der Waals surface area (Å²) in [5.41, 5.74) is 2.94. The summed E-state index contributed by atoms with van der Waals surface area (Å²) in [6.45, 7) is 6.28. The predicted molar refractivity (Wildman–Crippen MR) is 135 cm³/mol. The van der Waals surface area contributed by atoms with Gasteiger partial charge in [-0.1, -0.05) is 0 Å². The number of hydrogen-bond acceptors (Lipinski definition) is 8. The van der Waals surface area contributed by atoms with Crippen LogP contribution >= 0.6 is 0 Å². The van der Waals surface area contributed by atoms with Crippen LogP contribution in [0.5, 0.6) is 5.75 Å². The van der Waals surface area contributed by atoms with Crippen LogP contribution < -0.4 is 10.1 Å². The van der Waals surface area contributed by atoms with Crippen LogP contribution in [0.15, 0.2) is 42.7 Å². The molecule has 0 spiro atoms. The summed E-state index contributed by atoms with van der Waals surface area (Å²) in [7, 11) is 0. The van der Waals surface area contributed by atoms with Crippen molar-refractivity contribution in [1.29, 1.82) is 0 Å². The highest BCUT2D eigenvalue weighted by molar-refractivity contribution is 5.88. The predicted octanol–water partition coefficient (Wildman–Crippen LogP) is 5.37. The number of nitrogens with zero attached hydrogens (tertiary/aromatic N) is 6. The third-order valence-electron chi connectivity index (χ3n) is 6.11. The first kappa shape index (κ1) is 26.2. The Morgan fingerprint density at radius 1 is 1.10 bits per heavy atom. The van der Waals surface area contributed by atoms with E-state index in [-0.39, 0.29) is 18.1 Å². The molecule has 1 aliphatic carbocycles. The molecule has 39 heavy (non-hydrogen) atoms. The number of nitrogens with one attached hydrogen (secondary N) is 1. The van der Waals surface area contributed by atoms with Crippen molar-refractivity contribution in [2.75, 3.05) is 11.9 Å². The van der Waals surface area contributed by atoms with Gasteiger partial charge in [0.05, 0.1) is 18.0 Å². The highest BCUT2D eigenvalue weighted by Gasteiger charge is 2.31. The summed E-state index contributed by atoms with van der Waals surface area (Å²) in [4.78, 5) is 21.1. The van der Waals surface area contributed by atoms with E-state index < -0.39 is 12.3 Å². The molecule has 1 aliphatic rings. The Bertz CT molecular complexity index is 1490. The molecule has 0 bridgehead atoms. The van der Waals surface area contributed by atoms with Crippen LogP contribution in [0.2, 0.25) is 0 Å². The van der Waals surface area contributed by atoms with Crippen LogP contribution in [0, 0.1) is 19.8 Å². The Balaban J connectivity index is 1.46. The summed E-state index contributed by atoms with van der Waals surface area (Å²) in [6.07, 6.45) is -1.20. The molecule has 0 saturated heterocycles. The molecular weight excluding hydrogens is 515 g/mol. The number of benzene rings is 1. The van der Waals surface area contributed by atoms with Gasteiger partial charge in [0.15, 0.2) is 11.5 Å². The fraction of sp³-hybridized carbons (Fsp3) is 0.346. The molecule has 4 aromatic rings. The number of hydrogen-bond donors (Lipinski definition) is 1. The second kappa shape index (κ2) is 10.4. The van der Waals surface area contributed by atoms with Crippen LogP contribution in [0.4, 0.5) is 24.8 Å². The monoisotopic (exact) mass is 541 g/mol. The Morgan fingerprint density at radius 3 is 2.51 bits per heavy atom. The highest BCUT2D eigenvalue weighted by Crippen LogP contribution is 2.36. The molecule has 13 heteroatoms. The van der Waals surface area contributed by atoms with E-state index in [1.165, 1.54) is 23.1 Å². The zero-order chi connectivity index (χ0) is 27.7. The third kappa shape index (κ3) is 6.02. The molecule has 1 aromatic carbocycles. The molecule has 3 heterocycles. The van der Waals surface area contributed by atoms with Crippen molar-refractivity contribution in [3.05, 3.63) is 59.7 Å². The maximum atomic E-state index is 12.6. The number of rotatable bonds is 9. The molecule has 1 fully saturated rings. The number of anilines is 2. The van der Waals surface area contributed by atoms with E-state index >= 15 is 0 Å². The molecule has 5 rings (SSSR count). The lowest BCUT2D eigenvalue weighted by atomic mass is 10.1. The highest BCUT2D eigenvalue weighted by atomic mass is 19.4. The maximum absolute atomic E-state index is 12.6. The third-order valence-corrected chi connectivity index (χ3v) is 6.11. The Kier molecular flexibility index (Phi) is 6.98. The molecule has 0 amide bonds. The van der Waals surface area contributed by atoms with Crippen molar-refractivity contribution in [3.63, 3.8) is 0 Å². The second-order valence-electron chi connectivity index (χ2n) is 9.21. The van der Waals surface area contributed by atoms with Crippen molar-refractivity contribution < 1.29 is 27.4 Å². The largest absolute Gasteiger partial charge is 0.573 e. The van der Waals surface area contributed by atoms with Gasteiger partial charge in [0, 0.05) is 23.7 Å². The zero-order valence-electron chi connectivity index (χ0n) is 21.5. The van der Waals surface area contributed by atoms with E-state index in [4.69, 9.17) is 9.84 Å². The fourth-order valence-corrected chi connectivity index (χ4v) is 4.15. The number of esters is 1. The van der Waals surface area contributed by atoms with Gasteiger partial charge in [-0.15, -0.1) is 13.2 Å². The standard InChI is InChI=1S/C26H26F3N7O3/c1-4-38-25(37)20-11-15(2)33-36(20)22-12-21(30-14-31-22)32-24-16(3)23(34-35(24)13-17-5-6-17)18-7-9-19(10-8-18)39-26(27,28)29/h7-12,14,17H,4-6,13H2,1-3H3,(H,30,31,32). The SMILES string of the molecule is CCOC(=O)c1cc(C)nn1-c1cc(Nc2c(C)c(-c3ccc(OC(F)(F)F)cc3)nn2CC2CC2)ncn1. The average Bonchev–Trinajstić information content (AvgIpc) is 3.54. The first-order chi connectivity index (χ1) is 18.6. The van der Waals surface area contributed by atoms with Crippen LogP contribution in [-0.4, -0.2) is 48.5 Å². The lowest BCUT2D eigenvalue weighted by molar-refractivity contribution is -0.274. The molecule has 10 nitrogen and oxygen atoms in total. The van der Waals surface area contributed by atoms with Crippen LogP contribution in [-0.2, 0) is 11.3 Å². The summed E-state index contributed by atoms with van der Waals surface area (Å²) in [5.74, 6) is 1.20. The minimum atomic E-state index is -4.76. The van der Waals surface area contributed by atoms with E-state index in [0.717, 1.165) is 18.4 Å². The van der Waals surface area contributed by atoms with E-state index in [1.54, 1.807) is 38.1 Å². The van der Waals surface area contributed by atoms with Gasteiger partial charge < -0.3 is 14.8 Å². The first-order valence-electron chi connectivity index (χ1n) is 12.4. The molecule has 204 valence electrons. The summed E-state index contributed by atoms with van der Waals surface area (Å²) in [5, 5.41) is 12.5. The van der Waals surface area contributed by atoms with Crippen LogP contribution in [0.25, 0.3) is 17.1 Å². The van der Waals surface area contributed by atoms with Gasteiger partial charge in [-0.05, 0) is 69.9 Å². The van der Waals surface area contributed by atoms with E-state index in [0.29, 0.717) is 46.9 Å². The van der Waals surface area contributed by atoms with E-state index in [9.17, 15) is 18.0 Å². The molecular formula is C26H26F3N7O3. The zero-order valence-corrected chi connectivity index (χ0v) is 21.5. The Hall–Kier alpha value is -4.42. The molecule has 0 radical (unpaired) electrons. The first-order valence-corrected chi connectivity index (χ1v) is 12.4. The second-order valence-corrected chi connectivity index (χ2v) is 9.21. The van der Waals surface area contributed by atoms with Crippen molar-refractivity contribution >= 4 is 17.6 Å². The fourth-order valence-electron chi connectivity index (χ4n) is 4.15. The lowest BCUT2D eigenvalue weighted by Gasteiger charge is -2.11. The normalized spacial score (nSPS) is 13.4. The molecule has 0 unspecified atom stereocenters. The van der Waals surface area contributed by atoms with Gasteiger partial charge in [-0.25, -0.2) is 24.1 Å². The van der Waals surface area contributed by atoms with Crippen LogP contribution in [0.3, 0.4) is 0 Å². The molecule has 0 aliphatic heterocycles. The molecule has 1 saturated carbocycles.